The van der Waals surface area contributed by atoms with Crippen molar-refractivity contribution in [3.63, 3.8) is 0 Å². The molecule has 0 spiro atoms. The summed E-state index contributed by atoms with van der Waals surface area (Å²) in [6.07, 6.45) is 8.53. The Labute approximate surface area is 489 Å². The summed E-state index contributed by atoms with van der Waals surface area (Å²) in [6.45, 7) is 4.10. The Morgan fingerprint density at radius 3 is 1.87 bits per heavy atom. The average molecular weight is 1110 g/mol. The number of para-hydroxylation sites is 4. The summed E-state index contributed by atoms with van der Waals surface area (Å²) < 4.78 is 8.54. The molecule has 6 aromatic carbocycles. The molecule has 0 aliphatic carbocycles. The van der Waals surface area contributed by atoms with Gasteiger partial charge >= 0.3 is 0 Å². The molecule has 0 amide bonds. The Balaban J connectivity index is 0.884. The van der Waals surface area contributed by atoms with Gasteiger partial charge in [0.2, 0.25) is 0 Å². The smallest absolute Gasteiger partial charge is 0.175 e. The number of H-pyrrole nitrogens is 2. The highest BCUT2D eigenvalue weighted by atomic mass is 16.5. The predicted molar refractivity (Wildman–Crippen MR) is 342 cm³/mol. The molecule has 15 aromatic rings. The lowest BCUT2D eigenvalue weighted by molar-refractivity contribution is 0.392. The fourth-order valence-electron chi connectivity index (χ4n) is 12.8. The number of pyridine rings is 4. The van der Waals surface area contributed by atoms with Crippen LogP contribution in [-0.2, 0) is 6.42 Å². The number of hydrogen-bond acceptors (Lipinski definition) is 10. The number of hydrogen-bond donors (Lipinski definition) is 5. The van der Waals surface area contributed by atoms with Crippen LogP contribution in [0, 0.1) is 6.92 Å². The minimum atomic E-state index is 0.0591. The molecule has 0 atom stereocenters. The molecular weight excluding hydrogens is 1070 g/mol. The van der Waals surface area contributed by atoms with E-state index in [2.05, 4.69) is 77.8 Å². The molecule has 0 saturated carbocycles. The number of rotatable bonds is 3. The number of phenolic OH excluding ortho intramolecular Hbond substituents is 3. The van der Waals surface area contributed by atoms with Crippen LogP contribution >= 0.6 is 0 Å². The number of allylic oxidation sites excluding steroid dienone is 2. The molecule has 0 fully saturated rings. The van der Waals surface area contributed by atoms with Crippen LogP contribution in [0.25, 0.3) is 145 Å². The van der Waals surface area contributed by atoms with Gasteiger partial charge in [-0.1, -0.05) is 91.9 Å². The van der Waals surface area contributed by atoms with Crippen molar-refractivity contribution in [2.75, 3.05) is 0 Å². The molecule has 26 bridgehead atoms. The Hall–Kier alpha value is -11.7. The number of benzene rings is 6. The Bertz CT molecular complexity index is 5580. The summed E-state index contributed by atoms with van der Waals surface area (Å²) in [7, 11) is 0. The summed E-state index contributed by atoms with van der Waals surface area (Å²) in [4.78, 5) is 35.1. The van der Waals surface area contributed by atoms with Gasteiger partial charge in [0.15, 0.2) is 5.58 Å². The lowest BCUT2D eigenvalue weighted by atomic mass is 9.96. The van der Waals surface area contributed by atoms with Gasteiger partial charge in [0.05, 0.1) is 78.7 Å². The largest absolute Gasteiger partial charge is 0.507 e. The van der Waals surface area contributed by atoms with Crippen molar-refractivity contribution in [1.29, 1.82) is 0 Å². The average Bonchev–Trinajstić information content (AvgIpc) is 2.44. The van der Waals surface area contributed by atoms with Gasteiger partial charge in [0, 0.05) is 77.1 Å². The van der Waals surface area contributed by atoms with Crippen molar-refractivity contribution in [1.82, 2.24) is 39.7 Å². The van der Waals surface area contributed by atoms with Crippen LogP contribution in [0.4, 0.5) is 0 Å². The maximum atomic E-state index is 12.3. The first-order valence-corrected chi connectivity index (χ1v) is 28.5. The number of aromatic amines is 2. The highest BCUT2D eigenvalue weighted by Crippen LogP contribution is 2.44. The second-order valence-electron chi connectivity index (χ2n) is 22.0. The zero-order valence-electron chi connectivity index (χ0n) is 46.2. The summed E-state index contributed by atoms with van der Waals surface area (Å²) in [5, 5.41) is 44.7. The van der Waals surface area contributed by atoms with Crippen LogP contribution in [-0.4, -0.2) is 60.7 Å². The van der Waals surface area contributed by atoms with E-state index >= 15 is 0 Å². The van der Waals surface area contributed by atoms with E-state index in [9.17, 15) is 15.3 Å². The van der Waals surface area contributed by atoms with E-state index in [1.165, 1.54) is 0 Å². The zero-order valence-corrected chi connectivity index (χ0v) is 46.2. The lowest BCUT2D eigenvalue weighted by Crippen LogP contribution is -2.01. The molecule has 13 nitrogen and oxygen atoms in total. The Morgan fingerprint density at radius 1 is 0.477 bits per heavy atom. The van der Waals surface area contributed by atoms with E-state index in [-0.39, 0.29) is 17.2 Å². The van der Waals surface area contributed by atoms with Crippen LogP contribution in [0.15, 0.2) is 209 Å². The number of aromatic nitrogens is 8. The normalized spacial score (nSPS) is 13.1. The molecular formula is C73H47N9O4. The molecule has 5 N–H and O–H groups in total. The number of nitrogens with one attached hydrogen (secondary N) is 2. The van der Waals surface area contributed by atoms with Gasteiger partial charge in [0.25, 0.3) is 0 Å². The van der Waals surface area contributed by atoms with E-state index in [1.54, 1.807) is 0 Å². The SMILES string of the molecule is CCc1ccc2nc1-c1nc(ccc1C)-c1cccc(c1O)C1=NC(=C(c3ccc(-c4c5nc(c6cccc(c6O)c6ccc7ccc8ccc(nc8c7n6)c6cccc7c6o[nH]n6c4ccc76)C=C5)cc3)c3ccc([nH]3)-c3cccc-2c3O)C=C1. The molecule has 12 heterocycles. The maximum absolute atomic E-state index is 12.3. The summed E-state index contributed by atoms with van der Waals surface area (Å²) in [5.74, 6) is 0.208. The molecule has 0 unspecified atom stereocenters. The highest BCUT2D eigenvalue weighted by Gasteiger charge is 2.25. The standard InChI is InChI=1S/C73H47N9O4/c1-3-39-23-27-56-48-12-5-9-45(71(48)84)53-31-34-60(75-53)64(59-33-30-52(74-59)44-8-4-11-47(70(44)83)55-26-16-38(2)66(77-55)67(39)78-56)40-17-19-41(20-18-40)65-61-35-32-54(76-61)46-10-6-13-49(72(46)85)57-28-24-42-21-22-43-25-29-58(80-69(43)68(42)79-57)50-14-7-15-51-62-36-37-63(65)82(62)81-86-73(50)51/h4-37,75,81,83-85H,3H2,1-2H3. The zero-order chi connectivity index (χ0) is 57.5. The second kappa shape index (κ2) is 18.7. The first-order valence-electron chi connectivity index (χ1n) is 28.5. The maximum Gasteiger partial charge on any atom is 0.175 e. The van der Waals surface area contributed by atoms with Gasteiger partial charge in [-0.2, -0.15) is 5.27 Å². The van der Waals surface area contributed by atoms with Crippen LogP contribution in [0.5, 0.6) is 17.2 Å². The number of aromatic hydroxyl groups is 3. The predicted octanol–water partition coefficient (Wildman–Crippen LogP) is 16.7. The first kappa shape index (κ1) is 49.0. The van der Waals surface area contributed by atoms with Gasteiger partial charge in [-0.25, -0.2) is 34.4 Å². The second-order valence-corrected chi connectivity index (χ2v) is 22.0. The van der Waals surface area contributed by atoms with Gasteiger partial charge in [0.1, 0.15) is 17.2 Å². The van der Waals surface area contributed by atoms with Crippen LogP contribution in [0.3, 0.4) is 0 Å². The number of aliphatic imine (C=N–C) groups is 1. The summed E-state index contributed by atoms with van der Waals surface area (Å²) >= 11 is 0. The molecule has 0 saturated heterocycles. The minimum absolute atomic E-state index is 0.0591. The van der Waals surface area contributed by atoms with Gasteiger partial charge in [-0.15, -0.1) is 0 Å². The van der Waals surface area contributed by atoms with E-state index in [0.717, 1.165) is 88.2 Å². The van der Waals surface area contributed by atoms with E-state index in [1.807, 2.05) is 157 Å². The summed E-state index contributed by atoms with van der Waals surface area (Å²) in [6, 6.07) is 59.7. The van der Waals surface area contributed by atoms with Crippen molar-refractivity contribution in [2.45, 2.75) is 20.3 Å². The Morgan fingerprint density at radius 2 is 1.09 bits per heavy atom. The topological polar surface area (TPSA) is 187 Å². The van der Waals surface area contributed by atoms with E-state index in [4.69, 9.17) is 34.4 Å². The molecule has 408 valence electrons. The fraction of sp³-hybridized carbons (Fsp3) is 0.0411. The monoisotopic (exact) mass is 1110 g/mol. The van der Waals surface area contributed by atoms with Crippen LogP contribution in [0.1, 0.15) is 46.3 Å². The van der Waals surface area contributed by atoms with Gasteiger partial charge in [-0.05, 0) is 157 Å². The van der Waals surface area contributed by atoms with E-state index < -0.39 is 0 Å². The van der Waals surface area contributed by atoms with Crippen molar-refractivity contribution in [3.8, 4) is 73.5 Å². The quantitative estimate of drug-likeness (QED) is 0.107. The molecule has 18 rings (SSSR count). The van der Waals surface area contributed by atoms with Crippen LogP contribution in [0.2, 0.25) is 0 Å². The molecule has 3 aliphatic rings. The number of nitrogens with zero attached hydrogens (tertiary/aromatic N) is 7. The van der Waals surface area contributed by atoms with Crippen molar-refractivity contribution < 1.29 is 19.8 Å². The summed E-state index contributed by atoms with van der Waals surface area (Å²) in [5.41, 5.74) is 19.1. The van der Waals surface area contributed by atoms with Crippen molar-refractivity contribution in [3.05, 3.63) is 239 Å². The number of phenols is 3. The highest BCUT2D eigenvalue weighted by molar-refractivity contribution is 6.15. The Kier molecular flexibility index (Phi) is 10.6. The van der Waals surface area contributed by atoms with Gasteiger partial charge in [-0.3, -0.25) is 0 Å². The third-order valence-electron chi connectivity index (χ3n) is 17.1. The lowest BCUT2D eigenvalue weighted by Gasteiger charge is -2.15. The third kappa shape index (κ3) is 7.44. The molecule has 86 heavy (non-hydrogen) atoms. The molecule has 0 radical (unpaired) electrons. The molecule has 13 heteroatoms. The third-order valence-corrected chi connectivity index (χ3v) is 17.1. The number of fused-ring (bicyclic) bond motifs is 17. The fourth-order valence-corrected chi connectivity index (χ4v) is 12.8. The molecule has 9 aromatic heterocycles. The van der Waals surface area contributed by atoms with Crippen molar-refractivity contribution in [2.24, 2.45) is 4.99 Å². The number of aryl methyl sites for hydroxylation is 2. The van der Waals surface area contributed by atoms with E-state index in [0.29, 0.717) is 102 Å². The van der Waals surface area contributed by atoms with Gasteiger partial charge < -0.3 is 24.8 Å². The first-order chi connectivity index (χ1) is 42.2. The van der Waals surface area contributed by atoms with Crippen molar-refractivity contribution >= 4 is 94.4 Å². The van der Waals surface area contributed by atoms with Crippen LogP contribution < -0.4 is 0 Å². The minimum Gasteiger partial charge on any atom is -0.507 e. The molecule has 3 aliphatic heterocycles.